The lowest BCUT2D eigenvalue weighted by Crippen LogP contribution is -2.42. The summed E-state index contributed by atoms with van der Waals surface area (Å²) >= 11 is 8.90. The van der Waals surface area contributed by atoms with Gasteiger partial charge >= 0.3 is 5.97 Å². The highest BCUT2D eigenvalue weighted by atomic mass is 32.2. The van der Waals surface area contributed by atoms with Crippen LogP contribution >= 0.6 is 35.3 Å². The number of nitrogens with one attached hydrogen (secondary N) is 1. The number of H-pyrrole nitrogens is 1. The van der Waals surface area contributed by atoms with Crippen molar-refractivity contribution >= 4 is 53.1 Å². The van der Waals surface area contributed by atoms with Gasteiger partial charge in [0, 0.05) is 22.6 Å². The van der Waals surface area contributed by atoms with Gasteiger partial charge in [-0.05, 0) is 66.2 Å². The lowest BCUT2D eigenvalue weighted by Gasteiger charge is -2.43. The number of carboxylic acids is 1. The number of nitrogens with zero attached hydrogens (tertiary/aromatic N) is 1. The Balaban J connectivity index is 1.27. The number of amides is 2. The second-order valence-corrected chi connectivity index (χ2v) is 13.3. The summed E-state index contributed by atoms with van der Waals surface area (Å²) in [6.45, 7) is -0.0509. The Morgan fingerprint density at radius 1 is 1.05 bits per heavy atom. The number of aromatic nitrogens is 1. The molecule has 0 radical (unpaired) electrons. The topological polar surface area (TPSA) is 99.7 Å². The summed E-state index contributed by atoms with van der Waals surface area (Å²) in [6, 6.07) is 17.8. The van der Waals surface area contributed by atoms with Crippen LogP contribution in [0.2, 0.25) is 0 Å². The largest absolute Gasteiger partial charge is 0.481 e. The molecule has 1 aromatic heterocycles. The van der Waals surface area contributed by atoms with Gasteiger partial charge in [0.2, 0.25) is 11.8 Å². The lowest BCUT2D eigenvalue weighted by atomic mass is 9.68. The molecule has 3 fully saturated rings. The summed E-state index contributed by atoms with van der Waals surface area (Å²) in [4.78, 5) is 43.8. The molecule has 10 heteroatoms. The number of carbonyl (C=O) groups excluding carboxylic acids is 2. The number of thioether (sulfide) groups is 1. The van der Waals surface area contributed by atoms with Crippen molar-refractivity contribution in [3.8, 4) is 11.5 Å². The SMILES string of the molecule is O=C(O)CCN1C(=O)C2C3CC(C2C1=O)C1C(c2cccc(Oc4ccccc4)c2)c2sc(=S)[nH]c2SC31. The number of aliphatic carboxylic acids is 1. The highest BCUT2D eigenvalue weighted by molar-refractivity contribution is 8.00. The molecule has 194 valence electrons. The molecule has 2 saturated carbocycles. The van der Waals surface area contributed by atoms with Crippen molar-refractivity contribution in [2.45, 2.75) is 29.0 Å². The Hall–Kier alpha value is -2.95. The van der Waals surface area contributed by atoms with Crippen molar-refractivity contribution in [2.75, 3.05) is 6.54 Å². The van der Waals surface area contributed by atoms with Crippen molar-refractivity contribution in [3.63, 3.8) is 0 Å². The van der Waals surface area contributed by atoms with E-state index in [1.165, 1.54) is 9.78 Å². The van der Waals surface area contributed by atoms with Gasteiger partial charge in [-0.15, -0.1) is 23.1 Å². The third-order valence-corrected chi connectivity index (χ3v) is 11.5. The molecule has 7 nitrogen and oxygen atoms in total. The van der Waals surface area contributed by atoms with Gasteiger partial charge in [-0.2, -0.15) is 0 Å². The van der Waals surface area contributed by atoms with Crippen LogP contribution in [0.3, 0.4) is 0 Å². The molecule has 7 rings (SSSR count). The zero-order valence-corrected chi connectivity index (χ0v) is 22.6. The Morgan fingerprint density at radius 2 is 1.79 bits per heavy atom. The quantitative estimate of drug-likeness (QED) is 0.299. The summed E-state index contributed by atoms with van der Waals surface area (Å²) in [5, 5.41) is 10.4. The number of benzene rings is 2. The van der Waals surface area contributed by atoms with E-state index in [2.05, 4.69) is 17.1 Å². The van der Waals surface area contributed by atoms with Gasteiger partial charge < -0.3 is 14.8 Å². The van der Waals surface area contributed by atoms with Gasteiger partial charge in [-0.1, -0.05) is 30.3 Å². The first kappa shape index (κ1) is 24.1. The molecule has 38 heavy (non-hydrogen) atoms. The van der Waals surface area contributed by atoms with E-state index in [4.69, 9.17) is 22.1 Å². The third kappa shape index (κ3) is 3.68. The van der Waals surface area contributed by atoms with Crippen LogP contribution in [0.15, 0.2) is 59.6 Å². The highest BCUT2D eigenvalue weighted by Gasteiger charge is 2.69. The number of thiazole rings is 1. The van der Waals surface area contributed by atoms with Crippen LogP contribution in [0.1, 0.15) is 29.2 Å². The third-order valence-electron chi connectivity index (χ3n) is 8.56. The van der Waals surface area contributed by atoms with E-state index >= 15 is 0 Å². The highest BCUT2D eigenvalue weighted by Crippen LogP contribution is 2.68. The van der Waals surface area contributed by atoms with E-state index in [1.807, 2.05) is 42.5 Å². The molecule has 0 spiro atoms. The minimum absolute atomic E-state index is 0.0282. The van der Waals surface area contributed by atoms with E-state index in [-0.39, 0.29) is 65.5 Å². The maximum Gasteiger partial charge on any atom is 0.305 e. The molecular weight excluding hydrogens is 541 g/mol. The number of ether oxygens (including phenoxy) is 1. The Labute approximate surface area is 232 Å². The molecule has 3 heterocycles. The fourth-order valence-electron chi connectivity index (χ4n) is 7.28. The predicted molar refractivity (Wildman–Crippen MR) is 145 cm³/mol. The van der Waals surface area contributed by atoms with Crippen molar-refractivity contribution in [2.24, 2.45) is 29.6 Å². The second-order valence-electron chi connectivity index (χ2n) is 10.4. The Bertz CT molecular complexity index is 1520. The average molecular weight is 565 g/mol. The number of imide groups is 1. The zero-order chi connectivity index (χ0) is 26.1. The minimum atomic E-state index is -1.01. The van der Waals surface area contributed by atoms with E-state index in [1.54, 1.807) is 23.1 Å². The number of carboxylic acid groups (broad SMARTS) is 1. The number of carbonyl (C=O) groups is 3. The molecule has 7 unspecified atom stereocenters. The lowest BCUT2D eigenvalue weighted by molar-refractivity contribution is -0.142. The van der Waals surface area contributed by atoms with Gasteiger partial charge in [0.25, 0.3) is 0 Å². The molecule has 2 bridgehead atoms. The molecule has 2 aromatic carbocycles. The molecule has 2 aliphatic heterocycles. The summed E-state index contributed by atoms with van der Waals surface area (Å²) in [7, 11) is 0. The fraction of sp³-hybridized carbons (Fsp3) is 0.357. The molecule has 7 atom stereocenters. The van der Waals surface area contributed by atoms with Crippen LogP contribution in [0, 0.1) is 33.5 Å². The number of hydrogen-bond acceptors (Lipinski definition) is 7. The smallest absolute Gasteiger partial charge is 0.305 e. The number of aromatic amines is 1. The molecule has 2 amide bonds. The predicted octanol–water partition coefficient (Wildman–Crippen LogP) is 5.55. The van der Waals surface area contributed by atoms with Crippen molar-refractivity contribution in [3.05, 3.63) is 69.0 Å². The number of para-hydroxylation sites is 1. The van der Waals surface area contributed by atoms with E-state index in [9.17, 15) is 14.4 Å². The number of fused-ring (bicyclic) bond motifs is 9. The summed E-state index contributed by atoms with van der Waals surface area (Å²) in [6.07, 6.45) is 0.618. The number of hydrogen-bond donors (Lipinski definition) is 2. The fourth-order valence-corrected chi connectivity index (χ4v) is 10.6. The Morgan fingerprint density at radius 3 is 2.55 bits per heavy atom. The van der Waals surface area contributed by atoms with Crippen LogP contribution in [0.4, 0.5) is 0 Å². The standard InChI is InChI=1S/C28H24N2O5S3/c31-18(32)9-10-30-26(33)21-16-12-17(22(21)27(30)34)23-20(16)19(24-25(37-23)29-28(36)38-24)13-5-4-8-15(11-13)35-14-6-2-1-3-7-14/h1-8,11,16-17,19-23H,9-10,12H2,(H,29,36)(H,31,32). The molecule has 2 aliphatic carbocycles. The van der Waals surface area contributed by atoms with Gasteiger partial charge in [0.15, 0.2) is 3.95 Å². The van der Waals surface area contributed by atoms with E-state index in [0.717, 1.165) is 32.5 Å². The van der Waals surface area contributed by atoms with Crippen molar-refractivity contribution in [1.82, 2.24) is 9.88 Å². The van der Waals surface area contributed by atoms with Crippen molar-refractivity contribution < 1.29 is 24.2 Å². The van der Waals surface area contributed by atoms with Gasteiger partial charge in [0.05, 0.1) is 23.3 Å². The van der Waals surface area contributed by atoms with Crippen LogP contribution in [0.25, 0.3) is 0 Å². The van der Waals surface area contributed by atoms with E-state index < -0.39 is 5.97 Å². The average Bonchev–Trinajstić information content (AvgIpc) is 3.62. The van der Waals surface area contributed by atoms with Crippen LogP contribution in [-0.2, 0) is 14.4 Å². The summed E-state index contributed by atoms with van der Waals surface area (Å²) in [5.74, 6) is -0.272. The molecule has 1 saturated heterocycles. The monoisotopic (exact) mass is 564 g/mol. The second kappa shape index (κ2) is 9.07. The van der Waals surface area contributed by atoms with Crippen LogP contribution in [-0.4, -0.2) is 44.6 Å². The van der Waals surface area contributed by atoms with Crippen molar-refractivity contribution in [1.29, 1.82) is 0 Å². The van der Waals surface area contributed by atoms with Crippen LogP contribution in [0.5, 0.6) is 11.5 Å². The van der Waals surface area contributed by atoms with Gasteiger partial charge in [-0.3, -0.25) is 19.3 Å². The normalized spacial score (nSPS) is 30.7. The number of rotatable bonds is 6. The minimum Gasteiger partial charge on any atom is -0.481 e. The maximum atomic E-state index is 13.5. The first-order valence-electron chi connectivity index (χ1n) is 12.7. The van der Waals surface area contributed by atoms with Gasteiger partial charge in [-0.25, -0.2) is 0 Å². The maximum absolute atomic E-state index is 13.5. The first-order valence-corrected chi connectivity index (χ1v) is 14.8. The molecule has 2 N–H and O–H groups in total. The molecular formula is C28H24N2O5S3. The Kier molecular flexibility index (Phi) is 5.75. The van der Waals surface area contributed by atoms with E-state index in [0.29, 0.717) is 0 Å². The zero-order valence-electron chi connectivity index (χ0n) is 20.1. The molecule has 3 aromatic rings. The summed E-state index contributed by atoms with van der Waals surface area (Å²) in [5.41, 5.74) is 1.11. The first-order chi connectivity index (χ1) is 18.4. The summed E-state index contributed by atoms with van der Waals surface area (Å²) < 4.78 is 6.88. The van der Waals surface area contributed by atoms with Crippen LogP contribution < -0.4 is 4.74 Å². The van der Waals surface area contributed by atoms with Gasteiger partial charge in [0.1, 0.15) is 11.5 Å². The molecule has 4 aliphatic rings. The number of likely N-dealkylation sites (tertiary alicyclic amines) is 1.